The number of fused-ring (bicyclic) bond motifs is 1. The highest BCUT2D eigenvalue weighted by Gasteiger charge is 2.18. The van der Waals surface area contributed by atoms with E-state index in [1.165, 1.54) is 12.1 Å². The molecule has 6 nitrogen and oxygen atoms in total. The van der Waals surface area contributed by atoms with Crippen molar-refractivity contribution in [1.82, 2.24) is 10.2 Å². The Kier molecular flexibility index (Phi) is 3.51. The molecule has 0 unspecified atom stereocenters. The number of nitrogens with one attached hydrogen (secondary N) is 1. The van der Waals surface area contributed by atoms with Crippen LogP contribution < -0.4 is 5.56 Å². The number of nitro groups is 1. The SMILES string of the molecule is O=c1[nH]nc(Cc2ccc([N+](=O)[O-])cc2)c2c1CCCC2. The van der Waals surface area contributed by atoms with E-state index >= 15 is 0 Å². The summed E-state index contributed by atoms with van der Waals surface area (Å²) in [6.45, 7) is 0. The number of aromatic nitrogens is 2. The predicted octanol–water partition coefficient (Wildman–Crippen LogP) is 2.15. The van der Waals surface area contributed by atoms with Crippen LogP contribution in [0.3, 0.4) is 0 Å². The molecule has 0 fully saturated rings. The van der Waals surface area contributed by atoms with Crippen molar-refractivity contribution in [2.24, 2.45) is 0 Å². The molecule has 0 bridgehead atoms. The van der Waals surface area contributed by atoms with Gasteiger partial charge in [-0.15, -0.1) is 0 Å². The molecule has 1 aromatic heterocycles. The highest BCUT2D eigenvalue weighted by Crippen LogP contribution is 2.22. The molecule has 3 rings (SSSR count). The Bertz CT molecular complexity index is 735. The van der Waals surface area contributed by atoms with Crippen molar-refractivity contribution >= 4 is 5.69 Å². The van der Waals surface area contributed by atoms with Crippen molar-refractivity contribution in [2.75, 3.05) is 0 Å². The van der Waals surface area contributed by atoms with Gasteiger partial charge in [-0.05, 0) is 36.8 Å². The van der Waals surface area contributed by atoms with Gasteiger partial charge in [-0.3, -0.25) is 14.9 Å². The number of aromatic amines is 1. The van der Waals surface area contributed by atoms with Gasteiger partial charge in [0.1, 0.15) is 0 Å². The molecule has 21 heavy (non-hydrogen) atoms. The Morgan fingerprint density at radius 3 is 2.48 bits per heavy atom. The molecule has 1 N–H and O–H groups in total. The number of nitro benzene ring substituents is 1. The molecule has 1 aromatic carbocycles. The van der Waals surface area contributed by atoms with E-state index in [0.717, 1.165) is 48.1 Å². The van der Waals surface area contributed by atoms with Crippen molar-refractivity contribution in [1.29, 1.82) is 0 Å². The molecule has 0 spiro atoms. The minimum atomic E-state index is -0.413. The summed E-state index contributed by atoms with van der Waals surface area (Å²) in [6, 6.07) is 6.46. The van der Waals surface area contributed by atoms with E-state index in [4.69, 9.17) is 0 Å². The number of benzene rings is 1. The first kappa shape index (κ1) is 13.5. The second-order valence-corrected chi connectivity index (χ2v) is 5.26. The van der Waals surface area contributed by atoms with Gasteiger partial charge in [0.2, 0.25) is 0 Å². The zero-order chi connectivity index (χ0) is 14.8. The van der Waals surface area contributed by atoms with Crippen LogP contribution in [0.1, 0.15) is 35.2 Å². The van der Waals surface area contributed by atoms with Crippen molar-refractivity contribution in [3.8, 4) is 0 Å². The van der Waals surface area contributed by atoms with Crippen LogP contribution in [0.5, 0.6) is 0 Å². The third-order valence-corrected chi connectivity index (χ3v) is 3.90. The fraction of sp³-hybridized carbons (Fsp3) is 0.333. The third kappa shape index (κ3) is 2.69. The van der Waals surface area contributed by atoms with E-state index in [-0.39, 0.29) is 11.2 Å². The van der Waals surface area contributed by atoms with Crippen LogP contribution in [0.4, 0.5) is 5.69 Å². The molecule has 108 valence electrons. The fourth-order valence-electron chi connectivity index (χ4n) is 2.80. The van der Waals surface area contributed by atoms with Gasteiger partial charge < -0.3 is 0 Å². The first-order valence-corrected chi connectivity index (χ1v) is 6.98. The largest absolute Gasteiger partial charge is 0.269 e. The Balaban J connectivity index is 1.91. The number of hydrogen-bond donors (Lipinski definition) is 1. The average molecular weight is 285 g/mol. The van der Waals surface area contributed by atoms with Crippen molar-refractivity contribution in [3.05, 3.63) is 67.1 Å². The maximum Gasteiger partial charge on any atom is 0.269 e. The Morgan fingerprint density at radius 1 is 1.14 bits per heavy atom. The maximum absolute atomic E-state index is 11.8. The number of hydrogen-bond acceptors (Lipinski definition) is 4. The summed E-state index contributed by atoms with van der Waals surface area (Å²) in [5.74, 6) is 0. The number of H-pyrrole nitrogens is 1. The molecular formula is C15H15N3O3. The maximum atomic E-state index is 11.8. The minimum absolute atomic E-state index is 0.0789. The van der Waals surface area contributed by atoms with E-state index in [2.05, 4.69) is 10.2 Å². The first-order valence-electron chi connectivity index (χ1n) is 6.98. The van der Waals surface area contributed by atoms with Crippen LogP contribution in [-0.4, -0.2) is 15.1 Å². The molecule has 1 aliphatic rings. The zero-order valence-corrected chi connectivity index (χ0v) is 11.5. The van der Waals surface area contributed by atoms with Gasteiger partial charge in [-0.1, -0.05) is 12.1 Å². The summed E-state index contributed by atoms with van der Waals surface area (Å²) in [5, 5.41) is 17.4. The van der Waals surface area contributed by atoms with Crippen LogP contribution in [0.2, 0.25) is 0 Å². The smallest absolute Gasteiger partial charge is 0.268 e. The zero-order valence-electron chi connectivity index (χ0n) is 11.5. The lowest BCUT2D eigenvalue weighted by Crippen LogP contribution is -2.23. The molecule has 6 heteroatoms. The highest BCUT2D eigenvalue weighted by atomic mass is 16.6. The molecule has 0 amide bonds. The van der Waals surface area contributed by atoms with Gasteiger partial charge in [-0.2, -0.15) is 5.10 Å². The van der Waals surface area contributed by atoms with Crippen LogP contribution in [0.25, 0.3) is 0 Å². The van der Waals surface area contributed by atoms with Gasteiger partial charge in [0.15, 0.2) is 0 Å². The average Bonchev–Trinajstić information content (AvgIpc) is 2.51. The van der Waals surface area contributed by atoms with Gasteiger partial charge in [0, 0.05) is 24.1 Å². The normalized spacial score (nSPS) is 13.7. The first-order chi connectivity index (χ1) is 10.1. The lowest BCUT2D eigenvalue weighted by molar-refractivity contribution is -0.384. The van der Waals surface area contributed by atoms with Gasteiger partial charge >= 0.3 is 0 Å². The van der Waals surface area contributed by atoms with E-state index in [1.54, 1.807) is 12.1 Å². The quantitative estimate of drug-likeness (QED) is 0.691. The second kappa shape index (κ2) is 5.47. The van der Waals surface area contributed by atoms with Gasteiger partial charge in [-0.25, -0.2) is 5.10 Å². The molecule has 0 radical (unpaired) electrons. The predicted molar refractivity (Wildman–Crippen MR) is 77.4 cm³/mol. The van der Waals surface area contributed by atoms with Crippen molar-refractivity contribution in [2.45, 2.75) is 32.1 Å². The molecule has 2 aromatic rings. The fourth-order valence-corrected chi connectivity index (χ4v) is 2.80. The molecule has 1 aliphatic carbocycles. The lowest BCUT2D eigenvalue weighted by Gasteiger charge is -2.17. The van der Waals surface area contributed by atoms with E-state index < -0.39 is 4.92 Å². The standard InChI is InChI=1S/C15H15N3O3/c19-15-13-4-2-1-3-12(13)14(16-17-15)9-10-5-7-11(8-6-10)18(20)21/h5-8H,1-4,9H2,(H,17,19). The summed E-state index contributed by atoms with van der Waals surface area (Å²) in [7, 11) is 0. The monoisotopic (exact) mass is 285 g/mol. The number of non-ortho nitro benzene ring substituents is 1. The molecule has 0 saturated carbocycles. The van der Waals surface area contributed by atoms with E-state index in [9.17, 15) is 14.9 Å². The molecule has 0 aliphatic heterocycles. The van der Waals surface area contributed by atoms with Crippen LogP contribution in [0.15, 0.2) is 29.1 Å². The number of nitrogens with zero attached hydrogens (tertiary/aromatic N) is 2. The Labute approximate surface area is 121 Å². The lowest BCUT2D eigenvalue weighted by atomic mass is 9.90. The van der Waals surface area contributed by atoms with E-state index in [0.29, 0.717) is 6.42 Å². The summed E-state index contributed by atoms with van der Waals surface area (Å²) in [4.78, 5) is 22.0. The second-order valence-electron chi connectivity index (χ2n) is 5.26. The van der Waals surface area contributed by atoms with Gasteiger partial charge in [0.25, 0.3) is 11.2 Å². The topological polar surface area (TPSA) is 88.9 Å². The van der Waals surface area contributed by atoms with Crippen LogP contribution in [-0.2, 0) is 19.3 Å². The van der Waals surface area contributed by atoms with Crippen LogP contribution >= 0.6 is 0 Å². The summed E-state index contributed by atoms with van der Waals surface area (Å²) >= 11 is 0. The van der Waals surface area contributed by atoms with Crippen molar-refractivity contribution < 1.29 is 4.92 Å². The van der Waals surface area contributed by atoms with E-state index in [1.807, 2.05) is 0 Å². The molecule has 1 heterocycles. The minimum Gasteiger partial charge on any atom is -0.268 e. The third-order valence-electron chi connectivity index (χ3n) is 3.90. The number of rotatable bonds is 3. The molecular weight excluding hydrogens is 270 g/mol. The highest BCUT2D eigenvalue weighted by molar-refractivity contribution is 5.37. The Morgan fingerprint density at radius 2 is 1.81 bits per heavy atom. The molecule has 0 saturated heterocycles. The molecule has 0 atom stereocenters. The summed E-state index contributed by atoms with van der Waals surface area (Å²) in [5.41, 5.74) is 3.73. The summed E-state index contributed by atoms with van der Waals surface area (Å²) in [6.07, 6.45) is 4.38. The summed E-state index contributed by atoms with van der Waals surface area (Å²) < 4.78 is 0. The Hall–Kier alpha value is -2.50. The van der Waals surface area contributed by atoms with Crippen LogP contribution in [0, 0.1) is 10.1 Å². The van der Waals surface area contributed by atoms with Gasteiger partial charge in [0.05, 0.1) is 10.6 Å². The van der Waals surface area contributed by atoms with Crippen molar-refractivity contribution in [3.63, 3.8) is 0 Å².